The molecule has 0 aromatic heterocycles. The molecule has 2 nitrogen and oxygen atoms in total. The van der Waals surface area contributed by atoms with Gasteiger partial charge in [-0.15, -0.1) is 9.24 Å². The zero-order chi connectivity index (χ0) is 19.6. The lowest BCUT2D eigenvalue weighted by atomic mass is 9.72. The molecule has 2 atom stereocenters. The molecule has 0 N–H and O–H groups in total. The summed E-state index contributed by atoms with van der Waals surface area (Å²) in [7, 11) is 6.49. The van der Waals surface area contributed by atoms with Crippen LogP contribution in [-0.4, -0.2) is 19.8 Å². The van der Waals surface area contributed by atoms with Crippen LogP contribution in [0.5, 0.6) is 0 Å². The minimum Gasteiger partial charge on any atom is -0.496 e. The molecular formula is C23H35O2P. The first kappa shape index (κ1) is 21.2. The molecule has 0 heterocycles. The molecule has 0 saturated carbocycles. The van der Waals surface area contributed by atoms with Crippen molar-refractivity contribution in [3.8, 4) is 0 Å². The van der Waals surface area contributed by atoms with Gasteiger partial charge in [0.05, 0.1) is 12.7 Å². The molecular weight excluding hydrogens is 339 g/mol. The number of rotatable bonds is 6. The van der Waals surface area contributed by atoms with Crippen LogP contribution in [0, 0.1) is 5.92 Å². The van der Waals surface area contributed by atoms with E-state index in [1.165, 1.54) is 22.3 Å². The first-order valence-electron chi connectivity index (χ1n) is 9.63. The minimum atomic E-state index is -0.345. The van der Waals surface area contributed by atoms with Gasteiger partial charge in [0.1, 0.15) is 5.76 Å². The second-order valence-corrected chi connectivity index (χ2v) is 8.75. The van der Waals surface area contributed by atoms with Crippen molar-refractivity contribution in [3.63, 3.8) is 0 Å². The monoisotopic (exact) mass is 374 g/mol. The Hall–Kier alpha value is -1.11. The predicted octanol–water partition coefficient (Wildman–Crippen LogP) is 6.49. The number of hydrogen-bond donors (Lipinski definition) is 0. The summed E-state index contributed by atoms with van der Waals surface area (Å²) in [6.07, 6.45) is 2.98. The highest BCUT2D eigenvalue weighted by Crippen LogP contribution is 2.49. The van der Waals surface area contributed by atoms with Gasteiger partial charge in [0.2, 0.25) is 0 Å². The molecule has 0 fully saturated rings. The topological polar surface area (TPSA) is 18.5 Å². The fraction of sp³-hybridized carbons (Fsp3) is 0.565. The SMILES string of the molecule is COC1=CCC(OC)(C(C)C)C(c2ccc(C(C)C)cc2C(C)C)=C1P. The van der Waals surface area contributed by atoms with Crippen LogP contribution in [0.1, 0.15) is 76.5 Å². The zero-order valence-corrected chi connectivity index (χ0v) is 18.8. The summed E-state index contributed by atoms with van der Waals surface area (Å²) >= 11 is 0. The van der Waals surface area contributed by atoms with E-state index in [1.807, 2.05) is 7.11 Å². The molecule has 2 unspecified atom stereocenters. The maximum absolute atomic E-state index is 6.21. The maximum atomic E-state index is 6.21. The van der Waals surface area contributed by atoms with Crippen LogP contribution >= 0.6 is 9.24 Å². The third-order valence-corrected chi connectivity index (χ3v) is 6.27. The zero-order valence-electron chi connectivity index (χ0n) is 17.6. The molecule has 0 bridgehead atoms. The lowest BCUT2D eigenvalue weighted by molar-refractivity contribution is 0.00316. The van der Waals surface area contributed by atoms with Gasteiger partial charge in [0, 0.05) is 24.4 Å². The van der Waals surface area contributed by atoms with Crippen LogP contribution in [0.15, 0.2) is 35.3 Å². The third kappa shape index (κ3) is 3.64. The summed E-state index contributed by atoms with van der Waals surface area (Å²) in [5.74, 6) is 2.23. The minimum absolute atomic E-state index is 0.345. The molecule has 26 heavy (non-hydrogen) atoms. The number of ether oxygens (including phenoxy) is 2. The van der Waals surface area contributed by atoms with Gasteiger partial charge in [0.15, 0.2) is 0 Å². The summed E-state index contributed by atoms with van der Waals surface area (Å²) < 4.78 is 11.9. The molecule has 1 aliphatic carbocycles. The molecule has 0 amide bonds. The Morgan fingerprint density at radius 2 is 1.65 bits per heavy atom. The first-order valence-corrected chi connectivity index (χ1v) is 10.2. The lowest BCUT2D eigenvalue weighted by Gasteiger charge is -2.42. The quantitative estimate of drug-likeness (QED) is 0.530. The van der Waals surface area contributed by atoms with Gasteiger partial charge in [-0.25, -0.2) is 0 Å². The maximum Gasteiger partial charge on any atom is 0.122 e. The van der Waals surface area contributed by atoms with Crippen LogP contribution in [0.4, 0.5) is 0 Å². The fourth-order valence-corrected chi connectivity index (χ4v) is 4.60. The van der Waals surface area contributed by atoms with Crippen LogP contribution in [0.2, 0.25) is 0 Å². The van der Waals surface area contributed by atoms with Gasteiger partial charge < -0.3 is 9.47 Å². The summed E-state index contributed by atoms with van der Waals surface area (Å²) in [6, 6.07) is 6.93. The molecule has 0 radical (unpaired) electrons. The van der Waals surface area contributed by atoms with Crippen molar-refractivity contribution in [2.45, 2.75) is 65.4 Å². The average Bonchev–Trinajstić information content (AvgIpc) is 2.60. The molecule has 1 aromatic rings. The van der Waals surface area contributed by atoms with Gasteiger partial charge in [-0.3, -0.25) is 0 Å². The number of benzene rings is 1. The van der Waals surface area contributed by atoms with Crippen LogP contribution < -0.4 is 0 Å². The molecule has 1 aromatic carbocycles. The second kappa shape index (κ2) is 8.28. The molecule has 144 valence electrons. The highest BCUT2D eigenvalue weighted by Gasteiger charge is 2.42. The van der Waals surface area contributed by atoms with Crippen LogP contribution in [0.25, 0.3) is 5.57 Å². The summed E-state index contributed by atoms with van der Waals surface area (Å²) in [5.41, 5.74) is 4.95. The number of hydrogen-bond acceptors (Lipinski definition) is 2. The second-order valence-electron chi connectivity index (χ2n) is 8.17. The van der Waals surface area contributed by atoms with Crippen molar-refractivity contribution < 1.29 is 9.47 Å². The molecule has 0 saturated heterocycles. The molecule has 3 heteroatoms. The van der Waals surface area contributed by atoms with E-state index in [0.29, 0.717) is 17.8 Å². The van der Waals surface area contributed by atoms with E-state index in [2.05, 4.69) is 75.1 Å². The molecule has 0 aliphatic heterocycles. The number of methoxy groups -OCH3 is 2. The van der Waals surface area contributed by atoms with Gasteiger partial charge in [-0.05, 0) is 40.5 Å². The van der Waals surface area contributed by atoms with Crippen LogP contribution in [0.3, 0.4) is 0 Å². The summed E-state index contributed by atoms with van der Waals surface area (Å²) in [5, 5.41) is 1.11. The average molecular weight is 375 g/mol. The van der Waals surface area contributed by atoms with E-state index in [-0.39, 0.29) is 5.60 Å². The Bertz CT molecular complexity index is 713. The molecule has 1 aliphatic rings. The van der Waals surface area contributed by atoms with Gasteiger partial charge in [0.25, 0.3) is 0 Å². The summed E-state index contributed by atoms with van der Waals surface area (Å²) in [4.78, 5) is 0. The standard InChI is InChI=1S/C23H35O2P/c1-14(2)17-9-10-18(19(13-17)15(3)4)21-22(26)20(24-7)11-12-23(21,25-8)16(5)6/h9-11,13-16H,12,26H2,1-8H3. The van der Waals surface area contributed by atoms with Crippen molar-refractivity contribution in [1.29, 1.82) is 0 Å². The van der Waals surface area contributed by atoms with Crippen molar-refractivity contribution >= 4 is 14.8 Å². The normalized spacial score (nSPS) is 21.0. The van der Waals surface area contributed by atoms with Gasteiger partial charge >= 0.3 is 0 Å². The lowest BCUT2D eigenvalue weighted by Crippen LogP contribution is -2.41. The van der Waals surface area contributed by atoms with E-state index in [1.54, 1.807) is 7.11 Å². The van der Waals surface area contributed by atoms with Crippen molar-refractivity contribution in [1.82, 2.24) is 0 Å². The Kier molecular flexibility index (Phi) is 6.75. The summed E-state index contributed by atoms with van der Waals surface area (Å²) in [6.45, 7) is 13.5. The van der Waals surface area contributed by atoms with Crippen molar-refractivity contribution in [2.75, 3.05) is 14.2 Å². The first-order chi connectivity index (χ1) is 12.2. The number of allylic oxidation sites excluding steroid dienone is 1. The van der Waals surface area contributed by atoms with E-state index < -0.39 is 0 Å². The Labute approximate surface area is 162 Å². The Morgan fingerprint density at radius 3 is 2.12 bits per heavy atom. The molecule has 0 spiro atoms. The van der Waals surface area contributed by atoms with Crippen LogP contribution in [-0.2, 0) is 9.47 Å². The Balaban J connectivity index is 2.81. The van der Waals surface area contributed by atoms with E-state index in [0.717, 1.165) is 17.5 Å². The van der Waals surface area contributed by atoms with E-state index >= 15 is 0 Å². The smallest absolute Gasteiger partial charge is 0.122 e. The van der Waals surface area contributed by atoms with E-state index in [4.69, 9.17) is 9.47 Å². The molecule has 2 rings (SSSR count). The predicted molar refractivity (Wildman–Crippen MR) is 116 cm³/mol. The van der Waals surface area contributed by atoms with Crippen molar-refractivity contribution in [3.05, 3.63) is 52.0 Å². The highest BCUT2D eigenvalue weighted by molar-refractivity contribution is 7.23. The third-order valence-electron chi connectivity index (χ3n) is 5.70. The van der Waals surface area contributed by atoms with Gasteiger partial charge in [-0.2, -0.15) is 0 Å². The van der Waals surface area contributed by atoms with Crippen molar-refractivity contribution in [2.24, 2.45) is 5.92 Å². The largest absolute Gasteiger partial charge is 0.496 e. The van der Waals surface area contributed by atoms with Gasteiger partial charge in [-0.1, -0.05) is 59.7 Å². The van der Waals surface area contributed by atoms with E-state index in [9.17, 15) is 0 Å². The highest BCUT2D eigenvalue weighted by atomic mass is 31.0. The fourth-order valence-electron chi connectivity index (χ4n) is 3.96. The Morgan fingerprint density at radius 1 is 1.00 bits per heavy atom.